The van der Waals surface area contributed by atoms with Gasteiger partial charge in [-0.05, 0) is 61.9 Å². The number of ether oxygens (including phenoxy) is 1. The Balaban J connectivity index is 1.84. The number of nitrogens with zero attached hydrogens (tertiary/aromatic N) is 2. The van der Waals surface area contributed by atoms with Gasteiger partial charge in [-0.25, -0.2) is 9.79 Å². The standard InChI is InChI=1S/C20H17ClN2O3/c1-3-26-20(25)15-6-10-17(11-7-15)23-13(2)22-18(19(23)24)12-14-4-8-16(21)9-5-14/h4-12H,3H2,1-2H3/b18-12+. The molecule has 0 saturated carbocycles. The Morgan fingerprint density at radius 1 is 1.15 bits per heavy atom. The van der Waals surface area contributed by atoms with Crippen molar-refractivity contribution in [3.63, 3.8) is 0 Å². The summed E-state index contributed by atoms with van der Waals surface area (Å²) in [7, 11) is 0. The van der Waals surface area contributed by atoms with Gasteiger partial charge in [-0.1, -0.05) is 23.7 Å². The molecule has 0 fully saturated rings. The minimum atomic E-state index is -0.388. The Kier molecular flexibility index (Phi) is 5.19. The van der Waals surface area contributed by atoms with E-state index < -0.39 is 0 Å². The van der Waals surface area contributed by atoms with Crippen molar-refractivity contribution in [3.8, 4) is 0 Å². The molecule has 132 valence electrons. The van der Waals surface area contributed by atoms with Crippen molar-refractivity contribution in [2.24, 2.45) is 4.99 Å². The third kappa shape index (κ3) is 3.68. The second kappa shape index (κ2) is 7.54. The minimum Gasteiger partial charge on any atom is -0.462 e. The average Bonchev–Trinajstić information content (AvgIpc) is 2.91. The summed E-state index contributed by atoms with van der Waals surface area (Å²) in [6.07, 6.45) is 1.72. The molecule has 0 N–H and O–H groups in total. The number of carbonyl (C=O) groups is 2. The van der Waals surface area contributed by atoms with Gasteiger partial charge >= 0.3 is 5.97 Å². The Hall–Kier alpha value is -2.92. The first kappa shape index (κ1) is 17.9. The SMILES string of the molecule is CCOC(=O)c1ccc(N2C(=O)/C(=C\c3ccc(Cl)cc3)N=C2C)cc1. The van der Waals surface area contributed by atoms with Gasteiger partial charge in [0.15, 0.2) is 0 Å². The zero-order valence-electron chi connectivity index (χ0n) is 14.4. The van der Waals surface area contributed by atoms with E-state index in [9.17, 15) is 9.59 Å². The Morgan fingerprint density at radius 2 is 1.81 bits per heavy atom. The molecule has 0 aliphatic carbocycles. The van der Waals surface area contributed by atoms with E-state index in [1.807, 2.05) is 12.1 Å². The normalized spacial score (nSPS) is 15.3. The summed E-state index contributed by atoms with van der Waals surface area (Å²) in [5, 5.41) is 0.632. The van der Waals surface area contributed by atoms with Gasteiger partial charge in [0, 0.05) is 5.02 Å². The second-order valence-electron chi connectivity index (χ2n) is 5.65. The Bertz CT molecular complexity index is 900. The smallest absolute Gasteiger partial charge is 0.338 e. The van der Waals surface area contributed by atoms with Gasteiger partial charge < -0.3 is 4.74 Å². The topological polar surface area (TPSA) is 59.0 Å². The maximum atomic E-state index is 12.7. The first-order chi connectivity index (χ1) is 12.5. The molecule has 0 aromatic heterocycles. The molecule has 5 nitrogen and oxygen atoms in total. The van der Waals surface area contributed by atoms with Crippen molar-refractivity contribution >= 4 is 41.1 Å². The van der Waals surface area contributed by atoms with Crippen LogP contribution in [0, 0.1) is 0 Å². The minimum absolute atomic E-state index is 0.221. The van der Waals surface area contributed by atoms with E-state index in [2.05, 4.69) is 4.99 Å². The Morgan fingerprint density at radius 3 is 2.42 bits per heavy atom. The van der Waals surface area contributed by atoms with Gasteiger partial charge in [0.25, 0.3) is 5.91 Å². The summed E-state index contributed by atoms with van der Waals surface area (Å²) in [6, 6.07) is 13.8. The predicted molar refractivity (Wildman–Crippen MR) is 102 cm³/mol. The summed E-state index contributed by atoms with van der Waals surface area (Å²) in [6.45, 7) is 3.83. The molecule has 3 rings (SSSR count). The third-order valence-corrected chi connectivity index (χ3v) is 4.09. The number of amidine groups is 1. The van der Waals surface area contributed by atoms with E-state index in [1.165, 1.54) is 4.90 Å². The molecule has 6 heteroatoms. The van der Waals surface area contributed by atoms with Crippen LogP contribution < -0.4 is 4.90 Å². The Labute approximate surface area is 156 Å². The number of hydrogen-bond acceptors (Lipinski definition) is 4. The molecule has 2 aromatic rings. The zero-order valence-corrected chi connectivity index (χ0v) is 15.2. The number of aliphatic imine (C=N–C) groups is 1. The molecule has 2 aromatic carbocycles. The van der Waals surface area contributed by atoms with Crippen molar-refractivity contribution < 1.29 is 14.3 Å². The fourth-order valence-electron chi connectivity index (χ4n) is 2.61. The van der Waals surface area contributed by atoms with Crippen LogP contribution in [0.5, 0.6) is 0 Å². The fraction of sp³-hybridized carbons (Fsp3) is 0.150. The molecule has 0 spiro atoms. The van der Waals surface area contributed by atoms with E-state index in [1.54, 1.807) is 56.3 Å². The highest BCUT2D eigenvalue weighted by Gasteiger charge is 2.29. The number of benzene rings is 2. The predicted octanol–water partition coefficient (Wildman–Crippen LogP) is 4.32. The third-order valence-electron chi connectivity index (χ3n) is 3.84. The van der Waals surface area contributed by atoms with Gasteiger partial charge in [0.1, 0.15) is 11.5 Å². The van der Waals surface area contributed by atoms with Gasteiger partial charge in [-0.2, -0.15) is 0 Å². The lowest BCUT2D eigenvalue weighted by Crippen LogP contribution is -2.30. The monoisotopic (exact) mass is 368 g/mol. The molecule has 0 radical (unpaired) electrons. The van der Waals surface area contributed by atoms with Crippen molar-refractivity contribution in [2.75, 3.05) is 11.5 Å². The molecular formula is C20H17ClN2O3. The molecule has 26 heavy (non-hydrogen) atoms. The quantitative estimate of drug-likeness (QED) is 0.596. The molecular weight excluding hydrogens is 352 g/mol. The van der Waals surface area contributed by atoms with Gasteiger partial charge in [-0.3, -0.25) is 9.69 Å². The first-order valence-electron chi connectivity index (χ1n) is 8.14. The van der Waals surface area contributed by atoms with Crippen LogP contribution in [-0.4, -0.2) is 24.3 Å². The fourth-order valence-corrected chi connectivity index (χ4v) is 2.74. The van der Waals surface area contributed by atoms with Crippen LogP contribution in [0.15, 0.2) is 59.2 Å². The first-order valence-corrected chi connectivity index (χ1v) is 8.51. The van der Waals surface area contributed by atoms with Crippen molar-refractivity contribution in [3.05, 3.63) is 70.4 Å². The van der Waals surface area contributed by atoms with Crippen LogP contribution in [0.3, 0.4) is 0 Å². The highest BCUT2D eigenvalue weighted by molar-refractivity contribution is 6.30. The molecule has 1 aliphatic rings. The number of carbonyl (C=O) groups excluding carboxylic acids is 2. The summed E-state index contributed by atoms with van der Waals surface area (Å²) in [5.41, 5.74) is 2.27. The number of rotatable bonds is 4. The van der Waals surface area contributed by atoms with E-state index in [0.29, 0.717) is 34.4 Å². The van der Waals surface area contributed by atoms with E-state index >= 15 is 0 Å². The lowest BCUT2D eigenvalue weighted by Gasteiger charge is -2.16. The molecule has 0 atom stereocenters. The highest BCUT2D eigenvalue weighted by atomic mass is 35.5. The van der Waals surface area contributed by atoms with Crippen LogP contribution in [0.4, 0.5) is 5.69 Å². The van der Waals surface area contributed by atoms with Crippen LogP contribution in [0.1, 0.15) is 29.8 Å². The van der Waals surface area contributed by atoms with Gasteiger partial charge in [-0.15, -0.1) is 0 Å². The summed E-state index contributed by atoms with van der Waals surface area (Å²) < 4.78 is 4.97. The average molecular weight is 369 g/mol. The van der Waals surface area contributed by atoms with E-state index in [-0.39, 0.29) is 11.9 Å². The van der Waals surface area contributed by atoms with Crippen LogP contribution in [-0.2, 0) is 9.53 Å². The zero-order chi connectivity index (χ0) is 18.7. The van der Waals surface area contributed by atoms with Crippen molar-refractivity contribution in [1.29, 1.82) is 0 Å². The van der Waals surface area contributed by atoms with E-state index in [0.717, 1.165) is 5.56 Å². The summed E-state index contributed by atoms with van der Waals surface area (Å²) >= 11 is 5.88. The maximum absolute atomic E-state index is 12.7. The van der Waals surface area contributed by atoms with Gasteiger partial charge in [0.05, 0.1) is 17.9 Å². The largest absolute Gasteiger partial charge is 0.462 e. The number of anilines is 1. The maximum Gasteiger partial charge on any atom is 0.338 e. The van der Waals surface area contributed by atoms with Gasteiger partial charge in [0.2, 0.25) is 0 Å². The van der Waals surface area contributed by atoms with Crippen molar-refractivity contribution in [1.82, 2.24) is 0 Å². The van der Waals surface area contributed by atoms with Crippen LogP contribution in [0.2, 0.25) is 5.02 Å². The van der Waals surface area contributed by atoms with Crippen molar-refractivity contribution in [2.45, 2.75) is 13.8 Å². The van der Waals surface area contributed by atoms with Crippen LogP contribution in [0.25, 0.3) is 6.08 Å². The van der Waals surface area contributed by atoms with E-state index in [4.69, 9.17) is 16.3 Å². The number of hydrogen-bond donors (Lipinski definition) is 0. The van der Waals surface area contributed by atoms with Crippen LogP contribution >= 0.6 is 11.6 Å². The second-order valence-corrected chi connectivity index (χ2v) is 6.08. The molecule has 0 bridgehead atoms. The number of amides is 1. The molecule has 1 amide bonds. The molecule has 1 aliphatic heterocycles. The molecule has 0 saturated heterocycles. The highest BCUT2D eigenvalue weighted by Crippen LogP contribution is 2.25. The summed E-state index contributed by atoms with van der Waals surface area (Å²) in [5.74, 6) is -0.0408. The lowest BCUT2D eigenvalue weighted by atomic mass is 10.1. The summed E-state index contributed by atoms with van der Waals surface area (Å²) in [4.78, 5) is 30.3. The molecule has 0 unspecified atom stereocenters. The number of esters is 1. The lowest BCUT2D eigenvalue weighted by molar-refractivity contribution is -0.113. The molecule has 1 heterocycles. The number of halogens is 1.